The molecule has 0 aromatic heterocycles. The highest BCUT2D eigenvalue weighted by molar-refractivity contribution is 5.95. The lowest BCUT2D eigenvalue weighted by atomic mass is 10.0. The molecule has 1 aromatic rings. The molecule has 1 amide bonds. The van der Waals surface area contributed by atoms with Gasteiger partial charge in [0.15, 0.2) is 0 Å². The van der Waals surface area contributed by atoms with Crippen LogP contribution in [-0.4, -0.2) is 25.7 Å². The Bertz CT molecular complexity index is 418. The van der Waals surface area contributed by atoms with Crippen LogP contribution in [-0.2, 0) is 16.0 Å². The van der Waals surface area contributed by atoms with Gasteiger partial charge in [-0.2, -0.15) is 0 Å². The largest absolute Gasteiger partial charge is 0.385 e. The third-order valence-electron chi connectivity index (χ3n) is 3.08. The number of ether oxygens (including phenoxy) is 1. The average molecular weight is 234 g/mol. The molecule has 0 spiro atoms. The first kappa shape index (κ1) is 11.9. The summed E-state index contributed by atoms with van der Waals surface area (Å²) in [7, 11) is 1.53. The van der Waals surface area contributed by atoms with Crippen LogP contribution in [0.15, 0.2) is 18.2 Å². The van der Waals surface area contributed by atoms with E-state index in [0.29, 0.717) is 0 Å². The normalized spacial score (nSPS) is 15.6. The molecule has 0 fully saturated rings. The van der Waals surface area contributed by atoms with Crippen LogP contribution >= 0.6 is 0 Å². The van der Waals surface area contributed by atoms with E-state index >= 15 is 0 Å². The molecule has 0 saturated heterocycles. The average Bonchev–Trinajstić information content (AvgIpc) is 2.38. The van der Waals surface area contributed by atoms with Gasteiger partial charge in [0.05, 0.1) is 0 Å². The summed E-state index contributed by atoms with van der Waals surface area (Å²) in [6.45, 7) is 2.74. The fourth-order valence-corrected chi connectivity index (χ4v) is 1.97. The fourth-order valence-electron chi connectivity index (χ4n) is 1.97. The van der Waals surface area contributed by atoms with E-state index in [1.54, 1.807) is 6.92 Å². The third-order valence-corrected chi connectivity index (χ3v) is 3.08. The van der Waals surface area contributed by atoms with Gasteiger partial charge in [-0.1, -0.05) is 6.07 Å². The first-order chi connectivity index (χ1) is 8.22. The number of carbonyl (C=O) groups excluding carboxylic acids is 1. The van der Waals surface area contributed by atoms with Gasteiger partial charge in [-0.05, 0) is 37.5 Å². The number of rotatable bonds is 3. The number of hydrogen-bond donors (Lipinski definition) is 2. The lowest BCUT2D eigenvalue weighted by Crippen LogP contribution is -2.27. The van der Waals surface area contributed by atoms with Crippen LogP contribution in [0.5, 0.6) is 0 Å². The summed E-state index contributed by atoms with van der Waals surface area (Å²) in [6, 6.07) is 5.93. The van der Waals surface area contributed by atoms with Crippen LogP contribution in [0.4, 0.5) is 11.4 Å². The van der Waals surface area contributed by atoms with E-state index in [1.165, 1.54) is 12.7 Å². The van der Waals surface area contributed by atoms with Crippen molar-refractivity contribution < 1.29 is 9.53 Å². The Hall–Kier alpha value is -1.55. The summed E-state index contributed by atoms with van der Waals surface area (Å²) in [5.41, 5.74) is 3.21. The second-order valence-electron chi connectivity index (χ2n) is 4.23. The monoisotopic (exact) mass is 234 g/mol. The maximum atomic E-state index is 11.8. The van der Waals surface area contributed by atoms with E-state index < -0.39 is 6.10 Å². The van der Waals surface area contributed by atoms with Crippen molar-refractivity contribution in [1.82, 2.24) is 0 Å². The van der Waals surface area contributed by atoms with Crippen molar-refractivity contribution in [2.45, 2.75) is 25.9 Å². The molecule has 92 valence electrons. The molecular weight excluding hydrogens is 216 g/mol. The molecule has 1 atom stereocenters. The van der Waals surface area contributed by atoms with E-state index in [1.807, 2.05) is 18.2 Å². The third kappa shape index (κ3) is 2.58. The molecule has 0 bridgehead atoms. The Morgan fingerprint density at radius 2 is 2.35 bits per heavy atom. The molecule has 1 aliphatic rings. The Balaban J connectivity index is 2.18. The molecule has 17 heavy (non-hydrogen) atoms. The number of hydrogen-bond acceptors (Lipinski definition) is 3. The SMILES string of the molecule is COC(C)C(=O)Nc1cccc2c1CCCN2. The molecule has 1 heterocycles. The summed E-state index contributed by atoms with van der Waals surface area (Å²) < 4.78 is 5.00. The second-order valence-corrected chi connectivity index (χ2v) is 4.23. The van der Waals surface area contributed by atoms with Gasteiger partial charge in [-0.15, -0.1) is 0 Å². The van der Waals surface area contributed by atoms with Crippen molar-refractivity contribution in [2.24, 2.45) is 0 Å². The van der Waals surface area contributed by atoms with Crippen molar-refractivity contribution >= 4 is 17.3 Å². The maximum absolute atomic E-state index is 11.8. The van der Waals surface area contributed by atoms with Gasteiger partial charge in [0.2, 0.25) is 0 Å². The summed E-state index contributed by atoms with van der Waals surface area (Å²) in [6.07, 6.45) is 1.67. The molecule has 2 N–H and O–H groups in total. The second kappa shape index (κ2) is 5.19. The van der Waals surface area contributed by atoms with Crippen LogP contribution in [0.3, 0.4) is 0 Å². The minimum absolute atomic E-state index is 0.105. The van der Waals surface area contributed by atoms with Crippen molar-refractivity contribution in [1.29, 1.82) is 0 Å². The first-order valence-electron chi connectivity index (χ1n) is 5.92. The van der Waals surface area contributed by atoms with Gasteiger partial charge < -0.3 is 15.4 Å². The summed E-state index contributed by atoms with van der Waals surface area (Å²) in [5.74, 6) is -0.105. The zero-order valence-electron chi connectivity index (χ0n) is 10.2. The molecule has 2 rings (SSSR count). The van der Waals surface area contributed by atoms with Crippen molar-refractivity contribution in [3.63, 3.8) is 0 Å². The molecule has 0 saturated carbocycles. The quantitative estimate of drug-likeness (QED) is 0.841. The van der Waals surface area contributed by atoms with Crippen LogP contribution in [0.25, 0.3) is 0 Å². The van der Waals surface area contributed by atoms with Gasteiger partial charge in [-0.25, -0.2) is 0 Å². The number of methoxy groups -OCH3 is 1. The molecule has 1 aliphatic heterocycles. The minimum Gasteiger partial charge on any atom is -0.385 e. The van der Waals surface area contributed by atoms with E-state index in [-0.39, 0.29) is 5.91 Å². The van der Waals surface area contributed by atoms with E-state index in [9.17, 15) is 4.79 Å². The van der Waals surface area contributed by atoms with Crippen molar-refractivity contribution in [3.05, 3.63) is 23.8 Å². The van der Waals surface area contributed by atoms with E-state index in [0.717, 1.165) is 30.8 Å². The zero-order valence-corrected chi connectivity index (χ0v) is 10.2. The predicted molar refractivity (Wildman–Crippen MR) is 68.4 cm³/mol. The molecule has 0 aliphatic carbocycles. The lowest BCUT2D eigenvalue weighted by Gasteiger charge is -2.21. The van der Waals surface area contributed by atoms with Crippen LogP contribution in [0.1, 0.15) is 18.9 Å². The van der Waals surface area contributed by atoms with Gasteiger partial charge in [0, 0.05) is 25.0 Å². The molecule has 4 nitrogen and oxygen atoms in total. The van der Waals surface area contributed by atoms with Gasteiger partial charge in [0.1, 0.15) is 6.10 Å². The van der Waals surface area contributed by atoms with Crippen LogP contribution in [0, 0.1) is 0 Å². The van der Waals surface area contributed by atoms with Gasteiger partial charge in [-0.3, -0.25) is 4.79 Å². The summed E-state index contributed by atoms with van der Waals surface area (Å²) in [5, 5.41) is 6.25. The fraction of sp³-hybridized carbons (Fsp3) is 0.462. The van der Waals surface area contributed by atoms with Gasteiger partial charge >= 0.3 is 0 Å². The highest BCUT2D eigenvalue weighted by Crippen LogP contribution is 2.28. The van der Waals surface area contributed by atoms with Crippen LogP contribution in [0.2, 0.25) is 0 Å². The Morgan fingerprint density at radius 3 is 3.12 bits per heavy atom. The van der Waals surface area contributed by atoms with Crippen LogP contribution < -0.4 is 10.6 Å². The zero-order chi connectivity index (χ0) is 12.3. The minimum atomic E-state index is -0.428. The smallest absolute Gasteiger partial charge is 0.253 e. The maximum Gasteiger partial charge on any atom is 0.253 e. The van der Waals surface area contributed by atoms with Crippen molar-refractivity contribution in [2.75, 3.05) is 24.3 Å². The summed E-state index contributed by atoms with van der Waals surface area (Å²) >= 11 is 0. The highest BCUT2D eigenvalue weighted by Gasteiger charge is 2.16. The standard InChI is InChI=1S/C13H18N2O2/c1-9(17-2)13(16)15-12-7-3-6-11-10(12)5-4-8-14-11/h3,6-7,9,14H,4-5,8H2,1-2H3,(H,15,16). The molecule has 1 aromatic carbocycles. The predicted octanol–water partition coefficient (Wildman–Crippen LogP) is 2.02. The molecule has 0 radical (unpaired) electrons. The Labute approximate surface area is 101 Å². The van der Waals surface area contributed by atoms with E-state index in [4.69, 9.17) is 4.74 Å². The number of amides is 1. The summed E-state index contributed by atoms with van der Waals surface area (Å²) in [4.78, 5) is 11.8. The lowest BCUT2D eigenvalue weighted by molar-refractivity contribution is -0.124. The Kier molecular flexibility index (Phi) is 3.64. The Morgan fingerprint density at radius 1 is 1.53 bits per heavy atom. The first-order valence-corrected chi connectivity index (χ1v) is 5.92. The number of benzene rings is 1. The van der Waals surface area contributed by atoms with E-state index in [2.05, 4.69) is 10.6 Å². The van der Waals surface area contributed by atoms with Crippen molar-refractivity contribution in [3.8, 4) is 0 Å². The number of nitrogens with one attached hydrogen (secondary N) is 2. The molecular formula is C13H18N2O2. The number of carbonyl (C=O) groups is 1. The van der Waals surface area contributed by atoms with Gasteiger partial charge in [0.25, 0.3) is 5.91 Å². The number of anilines is 2. The topological polar surface area (TPSA) is 50.4 Å². The molecule has 1 unspecified atom stereocenters. The highest BCUT2D eigenvalue weighted by atomic mass is 16.5. The molecule has 4 heteroatoms. The number of fused-ring (bicyclic) bond motifs is 1.